The molecule has 0 aliphatic heterocycles. The van der Waals surface area contributed by atoms with Crippen molar-refractivity contribution in [3.63, 3.8) is 0 Å². The minimum atomic E-state index is -5.05. The first-order chi connectivity index (χ1) is 9.87. The molecule has 26 heavy (non-hydrogen) atoms. The van der Waals surface area contributed by atoms with E-state index in [2.05, 4.69) is 14.5 Å². The molecule has 2 aromatic heterocycles. The second-order valence-corrected chi connectivity index (χ2v) is 4.59. The predicted octanol–water partition coefficient (Wildman–Crippen LogP) is -10.1. The summed E-state index contributed by atoms with van der Waals surface area (Å²) in [6, 6.07) is 3.54. The topological polar surface area (TPSA) is 103 Å². The maximum Gasteiger partial charge on any atom is 1.00 e. The van der Waals surface area contributed by atoms with Gasteiger partial charge in [-0.2, -0.15) is 0 Å². The van der Waals surface area contributed by atoms with Gasteiger partial charge in [-0.25, -0.2) is 0 Å². The first-order valence-electron chi connectivity index (χ1n) is 6.10. The molecule has 2 rings (SSSR count). The fraction of sp³-hybridized carbons (Fsp3) is 0.385. The predicted molar refractivity (Wildman–Crippen MR) is 80.2 cm³/mol. The third-order valence-electron chi connectivity index (χ3n) is 2.13. The Hall–Kier alpha value is 5.75. The molecule has 0 radical (unpaired) electrons. The summed E-state index contributed by atoms with van der Waals surface area (Å²) >= 11 is 0. The number of hydrogen-bond acceptors (Lipinski definition) is 6. The average Bonchev–Trinajstić information content (AvgIpc) is 2.75. The van der Waals surface area contributed by atoms with E-state index in [0.717, 1.165) is 12.4 Å². The molecule has 0 saturated heterocycles. The largest absolute Gasteiger partial charge is 1.00 e. The molecular formula is C13H21FN3O4PRb4. The van der Waals surface area contributed by atoms with Gasteiger partial charge in [-0.05, 0) is 19.1 Å². The SMILES string of the molecule is CC.CF.Cc1ccc2nc(C)n([CH-]OP(=O)([O-])[O-])c2n1.[CH3-].[Rb+].[Rb+].[Rb+].[Rb+]. The van der Waals surface area contributed by atoms with Crippen molar-refractivity contribution in [1.82, 2.24) is 14.5 Å². The molecule has 0 amide bonds. The minimum absolute atomic E-state index is 0. The zero-order chi connectivity index (χ0) is 16.6. The van der Waals surface area contributed by atoms with Gasteiger partial charge in [0.25, 0.3) is 0 Å². The van der Waals surface area contributed by atoms with Gasteiger partial charge in [0, 0.05) is 23.8 Å². The van der Waals surface area contributed by atoms with Gasteiger partial charge >= 0.3 is 233 Å². The second-order valence-electron chi connectivity index (χ2n) is 3.48. The Labute approximate surface area is 351 Å². The summed E-state index contributed by atoms with van der Waals surface area (Å²) in [7, 11) is -4.55. The van der Waals surface area contributed by atoms with Gasteiger partial charge in [0.15, 0.2) is 0 Å². The van der Waals surface area contributed by atoms with Crippen molar-refractivity contribution in [2.24, 2.45) is 0 Å². The molecule has 0 aromatic carbocycles. The first kappa shape index (κ1) is 45.3. The number of fused-ring (bicyclic) bond motifs is 1. The summed E-state index contributed by atoms with van der Waals surface area (Å²) in [5.41, 5.74) is 1.79. The van der Waals surface area contributed by atoms with Gasteiger partial charge < -0.3 is 35.9 Å². The number of aromatic nitrogens is 3. The first-order valence-corrected chi connectivity index (χ1v) is 7.57. The number of aryl methyl sites for hydroxylation is 2. The molecule has 0 saturated carbocycles. The molecule has 2 heterocycles. The van der Waals surface area contributed by atoms with Crippen molar-refractivity contribution in [1.29, 1.82) is 0 Å². The Morgan fingerprint density at radius 2 is 1.54 bits per heavy atom. The van der Waals surface area contributed by atoms with Gasteiger partial charge in [0.1, 0.15) is 0 Å². The third-order valence-corrected chi connectivity index (χ3v) is 2.49. The van der Waals surface area contributed by atoms with Crippen molar-refractivity contribution >= 4 is 19.0 Å². The van der Waals surface area contributed by atoms with E-state index in [1.165, 1.54) is 4.57 Å². The Morgan fingerprint density at radius 3 is 1.96 bits per heavy atom. The van der Waals surface area contributed by atoms with Crippen molar-refractivity contribution in [2.75, 3.05) is 7.18 Å². The molecule has 0 fully saturated rings. The van der Waals surface area contributed by atoms with Crippen molar-refractivity contribution in [3.05, 3.63) is 37.8 Å². The van der Waals surface area contributed by atoms with E-state index in [0.29, 0.717) is 24.2 Å². The molecule has 0 spiro atoms. The molecule has 0 atom stereocenters. The van der Waals surface area contributed by atoms with Crippen molar-refractivity contribution in [2.45, 2.75) is 27.7 Å². The fourth-order valence-electron chi connectivity index (χ4n) is 1.41. The maximum absolute atomic E-state index is 10.4. The third kappa shape index (κ3) is 18.2. The smallest absolute Gasteiger partial charge is 0.790 e. The van der Waals surface area contributed by atoms with Crippen LogP contribution in [0.25, 0.3) is 11.2 Å². The summed E-state index contributed by atoms with van der Waals surface area (Å²) < 4.78 is 25.3. The van der Waals surface area contributed by atoms with Crippen molar-refractivity contribution < 1.29 is 256 Å². The number of imidazole rings is 1. The van der Waals surface area contributed by atoms with Crippen LogP contribution in [0.1, 0.15) is 25.4 Å². The van der Waals surface area contributed by atoms with E-state index in [9.17, 15) is 18.7 Å². The molecule has 0 aliphatic carbocycles. The van der Waals surface area contributed by atoms with Gasteiger partial charge in [0.2, 0.25) is 0 Å². The Morgan fingerprint density at radius 1 is 1.08 bits per heavy atom. The van der Waals surface area contributed by atoms with Crippen LogP contribution in [0.2, 0.25) is 0 Å². The van der Waals surface area contributed by atoms with Gasteiger partial charge in [-0.1, -0.05) is 20.8 Å². The molecule has 128 valence electrons. The van der Waals surface area contributed by atoms with Crippen LogP contribution < -0.4 is 243 Å². The number of halogens is 1. The van der Waals surface area contributed by atoms with Gasteiger partial charge in [-0.15, -0.1) is 0 Å². The van der Waals surface area contributed by atoms with Crippen molar-refractivity contribution in [3.8, 4) is 0 Å². The normalized spacial score (nSPS) is 8.31. The summed E-state index contributed by atoms with van der Waals surface area (Å²) in [6.07, 6.45) is 0. The number of pyridine rings is 1. The van der Waals surface area contributed by atoms with E-state index in [-0.39, 0.29) is 240 Å². The molecule has 0 bridgehead atoms. The monoisotopic (exact) mass is 673 g/mol. The zero-order valence-electron chi connectivity index (χ0n) is 17.5. The number of alkyl halides is 1. The van der Waals surface area contributed by atoms with Crippen LogP contribution in [0.4, 0.5) is 4.39 Å². The number of nitrogens with zero attached hydrogens (tertiary/aromatic N) is 3. The Balaban J connectivity index is -0.000000104. The van der Waals surface area contributed by atoms with E-state index in [1.54, 1.807) is 26.0 Å². The number of phosphoric ester groups is 1. The number of hydrogen-bond donors (Lipinski definition) is 0. The molecule has 0 unspecified atom stereocenters. The van der Waals surface area contributed by atoms with E-state index < -0.39 is 7.82 Å². The molecule has 0 aliphatic rings. The summed E-state index contributed by atoms with van der Waals surface area (Å²) in [5, 5.41) is 0. The minimum Gasteiger partial charge on any atom is -0.790 e. The molecule has 13 heteroatoms. The van der Waals surface area contributed by atoms with Crippen LogP contribution in [-0.4, -0.2) is 21.7 Å². The number of rotatable bonds is 3. The van der Waals surface area contributed by atoms with Crippen LogP contribution in [-0.2, 0) is 9.09 Å². The summed E-state index contributed by atoms with van der Waals surface area (Å²) in [4.78, 5) is 29.2. The Bertz CT molecular complexity index is 629. The van der Waals surface area contributed by atoms with E-state index in [4.69, 9.17) is 0 Å². The van der Waals surface area contributed by atoms with Crippen LogP contribution in [0.15, 0.2) is 12.1 Å². The maximum atomic E-state index is 10.4. The number of phosphoric acid groups is 1. The van der Waals surface area contributed by atoms with Gasteiger partial charge in [-0.3, -0.25) is 9.37 Å². The van der Waals surface area contributed by atoms with E-state index >= 15 is 0 Å². The van der Waals surface area contributed by atoms with Crippen LogP contribution in [0.3, 0.4) is 0 Å². The standard InChI is InChI=1S/C9H11N3O4P.C2H6.CH3F.CH3.4Rb/c1-6-3-4-8-9(10-6)12(7(2)11-8)5-16-17(13,14)15;2*1-2;;;;;/h3-5H,1-2H3,(H2,13,14,15);1-2H3;1H3;1H3;;;;/q-1;;;-1;4*+1/p-2. The van der Waals surface area contributed by atoms with Crippen LogP contribution >= 0.6 is 7.82 Å². The average molecular weight is 675 g/mol. The zero-order valence-corrected chi connectivity index (χ0v) is 38.1. The fourth-order valence-corrected chi connectivity index (χ4v) is 1.62. The van der Waals surface area contributed by atoms with Crippen LogP contribution in [0, 0.1) is 28.0 Å². The molecule has 2 aromatic rings. The van der Waals surface area contributed by atoms with Crippen LogP contribution in [0.5, 0.6) is 0 Å². The summed E-state index contributed by atoms with van der Waals surface area (Å²) in [5.74, 6) is 0.478. The molecular weight excluding hydrogens is 654 g/mol. The summed E-state index contributed by atoms with van der Waals surface area (Å²) in [6.45, 7) is 8.24. The van der Waals surface area contributed by atoms with Gasteiger partial charge in [0.05, 0.1) is 20.6 Å². The quantitative estimate of drug-likeness (QED) is 0.237. The Kier molecular flexibility index (Phi) is 44.2. The molecule has 0 N–H and O–H groups in total. The molecule has 7 nitrogen and oxygen atoms in total. The van der Waals surface area contributed by atoms with E-state index in [1.807, 2.05) is 13.8 Å². The second kappa shape index (κ2) is 25.4.